The molecule has 1 aliphatic carbocycles. The predicted molar refractivity (Wildman–Crippen MR) is 124 cm³/mol. The monoisotopic (exact) mass is 392 g/mol. The zero-order chi connectivity index (χ0) is 20.7. The number of nitriles is 1. The highest BCUT2D eigenvalue weighted by Crippen LogP contribution is 2.46. The fourth-order valence-corrected chi connectivity index (χ4v) is 4.81. The molecule has 2 atom stereocenters. The van der Waals surface area contributed by atoms with Crippen molar-refractivity contribution in [2.45, 2.75) is 30.7 Å². The van der Waals surface area contributed by atoms with E-state index in [0.717, 1.165) is 36.9 Å². The molecule has 150 valence electrons. The van der Waals surface area contributed by atoms with Crippen LogP contribution in [0.5, 0.6) is 0 Å². The summed E-state index contributed by atoms with van der Waals surface area (Å²) in [5.74, 6) is 0.294. The summed E-state index contributed by atoms with van der Waals surface area (Å²) in [6.07, 6.45) is 7.52. The van der Waals surface area contributed by atoms with Gasteiger partial charge in [0.1, 0.15) is 5.41 Å². The summed E-state index contributed by atoms with van der Waals surface area (Å²) in [7, 11) is 0. The zero-order valence-corrected chi connectivity index (χ0v) is 17.2. The van der Waals surface area contributed by atoms with E-state index >= 15 is 0 Å². The molecule has 2 nitrogen and oxygen atoms in total. The first-order valence-corrected chi connectivity index (χ1v) is 10.8. The lowest BCUT2D eigenvalue weighted by atomic mass is 9.66. The van der Waals surface area contributed by atoms with Gasteiger partial charge in [0.15, 0.2) is 0 Å². The van der Waals surface area contributed by atoms with Crippen LogP contribution in [-0.2, 0) is 5.41 Å². The van der Waals surface area contributed by atoms with Crippen molar-refractivity contribution in [2.24, 2.45) is 5.92 Å². The Morgan fingerprint density at radius 1 is 0.833 bits per heavy atom. The van der Waals surface area contributed by atoms with Crippen molar-refractivity contribution >= 4 is 6.08 Å². The highest BCUT2D eigenvalue weighted by molar-refractivity contribution is 5.49. The number of benzene rings is 3. The third-order valence-corrected chi connectivity index (χ3v) is 6.31. The van der Waals surface area contributed by atoms with Crippen LogP contribution in [0.4, 0.5) is 0 Å². The van der Waals surface area contributed by atoms with E-state index in [1.165, 1.54) is 5.56 Å². The molecule has 2 unspecified atom stereocenters. The fourth-order valence-electron chi connectivity index (χ4n) is 4.81. The summed E-state index contributed by atoms with van der Waals surface area (Å²) < 4.78 is 0. The van der Waals surface area contributed by atoms with Gasteiger partial charge in [-0.05, 0) is 41.9 Å². The lowest BCUT2D eigenvalue weighted by molar-refractivity contribution is 0.389. The van der Waals surface area contributed by atoms with Crippen molar-refractivity contribution in [2.75, 3.05) is 6.54 Å². The van der Waals surface area contributed by atoms with Crippen molar-refractivity contribution in [3.05, 3.63) is 114 Å². The molecule has 0 aromatic heterocycles. The minimum atomic E-state index is -0.598. The summed E-state index contributed by atoms with van der Waals surface area (Å²) in [6.45, 7) is 0.850. The molecular formula is C28H28N2. The average molecular weight is 393 g/mol. The highest BCUT2D eigenvalue weighted by atomic mass is 14.9. The van der Waals surface area contributed by atoms with Crippen LogP contribution in [0.25, 0.3) is 6.08 Å². The Kier molecular flexibility index (Phi) is 6.42. The normalized spacial score (nSPS) is 19.0. The van der Waals surface area contributed by atoms with Gasteiger partial charge in [0, 0.05) is 12.6 Å². The minimum Gasteiger partial charge on any atom is -0.311 e. The maximum absolute atomic E-state index is 10.5. The molecule has 1 fully saturated rings. The molecule has 1 aliphatic rings. The summed E-state index contributed by atoms with van der Waals surface area (Å²) >= 11 is 0. The predicted octanol–water partition coefficient (Wildman–Crippen LogP) is 5.97. The van der Waals surface area contributed by atoms with Crippen molar-refractivity contribution in [1.29, 1.82) is 5.26 Å². The third-order valence-electron chi connectivity index (χ3n) is 6.31. The van der Waals surface area contributed by atoms with Crippen molar-refractivity contribution in [3.63, 3.8) is 0 Å². The van der Waals surface area contributed by atoms with Crippen LogP contribution < -0.4 is 5.32 Å². The van der Waals surface area contributed by atoms with E-state index in [1.54, 1.807) is 0 Å². The van der Waals surface area contributed by atoms with Crippen LogP contribution in [0.3, 0.4) is 0 Å². The Morgan fingerprint density at radius 2 is 1.40 bits per heavy atom. The van der Waals surface area contributed by atoms with Gasteiger partial charge in [-0.15, -0.1) is 0 Å². The van der Waals surface area contributed by atoms with Gasteiger partial charge >= 0.3 is 0 Å². The van der Waals surface area contributed by atoms with Gasteiger partial charge in [-0.2, -0.15) is 5.26 Å². The largest absolute Gasteiger partial charge is 0.311 e. The molecule has 3 aromatic carbocycles. The van der Waals surface area contributed by atoms with Gasteiger partial charge in [0.2, 0.25) is 0 Å². The Bertz CT molecular complexity index is 948. The zero-order valence-electron chi connectivity index (χ0n) is 17.2. The van der Waals surface area contributed by atoms with Crippen LogP contribution in [-0.4, -0.2) is 12.6 Å². The second kappa shape index (κ2) is 9.57. The summed E-state index contributed by atoms with van der Waals surface area (Å²) in [5.41, 5.74) is 2.83. The van der Waals surface area contributed by atoms with Crippen LogP contribution in [0.2, 0.25) is 0 Å². The third kappa shape index (κ3) is 4.22. The topological polar surface area (TPSA) is 35.8 Å². The molecular weight excluding hydrogens is 364 g/mol. The molecule has 0 spiro atoms. The number of nitrogens with zero attached hydrogens (tertiary/aromatic N) is 1. The first-order chi connectivity index (χ1) is 14.8. The van der Waals surface area contributed by atoms with Crippen LogP contribution in [0.15, 0.2) is 97.1 Å². The molecule has 0 heterocycles. The van der Waals surface area contributed by atoms with E-state index in [0.29, 0.717) is 12.0 Å². The minimum absolute atomic E-state index is 0.294. The van der Waals surface area contributed by atoms with Gasteiger partial charge in [0.05, 0.1) is 6.07 Å². The van der Waals surface area contributed by atoms with E-state index in [4.69, 9.17) is 0 Å². The Hall–Kier alpha value is -3.15. The molecule has 0 aliphatic heterocycles. The van der Waals surface area contributed by atoms with Crippen LogP contribution in [0, 0.1) is 17.2 Å². The SMILES string of the molecule is N#CC(c1ccccc1)(c1ccccc1)C1CCC(NCC=Cc2ccccc2)C1. The molecule has 3 aromatic rings. The first kappa shape index (κ1) is 20.1. The Morgan fingerprint density at radius 3 is 1.97 bits per heavy atom. The van der Waals surface area contributed by atoms with Gasteiger partial charge < -0.3 is 5.32 Å². The van der Waals surface area contributed by atoms with Gasteiger partial charge in [-0.25, -0.2) is 0 Å². The maximum Gasteiger partial charge on any atom is 0.110 e. The lowest BCUT2D eigenvalue weighted by Crippen LogP contribution is -2.35. The molecule has 0 saturated heterocycles. The molecule has 1 N–H and O–H groups in total. The van der Waals surface area contributed by atoms with E-state index in [9.17, 15) is 5.26 Å². The Labute approximate surface area is 179 Å². The highest BCUT2D eigenvalue weighted by Gasteiger charge is 2.45. The van der Waals surface area contributed by atoms with E-state index in [1.807, 2.05) is 42.5 Å². The van der Waals surface area contributed by atoms with Crippen LogP contribution in [0.1, 0.15) is 36.0 Å². The molecule has 0 radical (unpaired) electrons. The second-order valence-electron chi connectivity index (χ2n) is 8.08. The van der Waals surface area contributed by atoms with E-state index in [2.05, 4.69) is 72.1 Å². The molecule has 0 bridgehead atoms. The molecule has 0 amide bonds. The average Bonchev–Trinajstić information content (AvgIpc) is 3.29. The number of hydrogen-bond acceptors (Lipinski definition) is 2. The molecule has 30 heavy (non-hydrogen) atoms. The number of hydrogen-bond donors (Lipinski definition) is 1. The summed E-state index contributed by atoms with van der Waals surface area (Å²) in [4.78, 5) is 0. The van der Waals surface area contributed by atoms with Crippen molar-refractivity contribution in [3.8, 4) is 6.07 Å². The smallest absolute Gasteiger partial charge is 0.110 e. The molecule has 1 saturated carbocycles. The van der Waals surface area contributed by atoms with E-state index < -0.39 is 5.41 Å². The van der Waals surface area contributed by atoms with Crippen molar-refractivity contribution < 1.29 is 0 Å². The standard InChI is InChI=1S/C28H28N2/c29-22-28(24-14-6-2-7-15-24,25-16-8-3-9-17-25)26-18-19-27(21-26)30-20-10-13-23-11-4-1-5-12-23/h1-17,26-27,30H,18-21H2. The summed E-state index contributed by atoms with van der Waals surface area (Å²) in [6, 6.07) is 34.2. The Balaban J connectivity index is 1.49. The van der Waals surface area contributed by atoms with E-state index in [-0.39, 0.29) is 0 Å². The fraction of sp³-hybridized carbons (Fsp3) is 0.250. The molecule has 4 rings (SSSR count). The van der Waals surface area contributed by atoms with Gasteiger partial charge in [0.25, 0.3) is 0 Å². The van der Waals surface area contributed by atoms with Crippen LogP contribution >= 0.6 is 0 Å². The first-order valence-electron chi connectivity index (χ1n) is 10.8. The molecule has 2 heteroatoms. The lowest BCUT2D eigenvalue weighted by Gasteiger charge is -2.34. The quantitative estimate of drug-likeness (QED) is 0.538. The number of rotatable bonds is 7. The second-order valence-corrected chi connectivity index (χ2v) is 8.08. The van der Waals surface area contributed by atoms with Gasteiger partial charge in [-0.1, -0.05) is 103 Å². The van der Waals surface area contributed by atoms with Crippen molar-refractivity contribution in [1.82, 2.24) is 5.32 Å². The van der Waals surface area contributed by atoms with Gasteiger partial charge in [-0.3, -0.25) is 0 Å². The number of nitrogens with one attached hydrogen (secondary N) is 1. The summed E-state index contributed by atoms with van der Waals surface area (Å²) in [5, 5.41) is 14.2. The maximum atomic E-state index is 10.5.